The van der Waals surface area contributed by atoms with Gasteiger partial charge in [0.15, 0.2) is 21.3 Å². The number of nitrogens with one attached hydrogen (secondary N) is 1. The third-order valence-corrected chi connectivity index (χ3v) is 4.87. The minimum absolute atomic E-state index is 0. The van der Waals surface area contributed by atoms with Gasteiger partial charge in [-0.1, -0.05) is 0 Å². The minimum Gasteiger partial charge on any atom is -0.493 e. The third kappa shape index (κ3) is 7.00. The summed E-state index contributed by atoms with van der Waals surface area (Å²) in [5.74, 6) is -3.96. The predicted octanol–water partition coefficient (Wildman–Crippen LogP) is 1.000. The van der Waals surface area contributed by atoms with Gasteiger partial charge >= 0.3 is 0 Å². The molecule has 0 fully saturated rings. The van der Waals surface area contributed by atoms with Crippen molar-refractivity contribution >= 4 is 28.2 Å². The smallest absolute Gasteiger partial charge is 0.277 e. The lowest BCUT2D eigenvalue weighted by Gasteiger charge is -2.14. The second-order valence-electron chi connectivity index (χ2n) is 4.92. The zero-order valence-electron chi connectivity index (χ0n) is 13.8. The number of rotatable bonds is 9. The Labute approximate surface area is 151 Å². The van der Waals surface area contributed by atoms with Crippen molar-refractivity contribution < 1.29 is 31.5 Å². The number of carbonyl (C=O) groups excluding carboxylic acids is 1. The van der Waals surface area contributed by atoms with Crippen molar-refractivity contribution in [2.75, 3.05) is 33.1 Å². The van der Waals surface area contributed by atoms with E-state index < -0.39 is 46.9 Å². The third-order valence-electron chi connectivity index (χ3n) is 3.15. The molecule has 1 amide bonds. The molecule has 0 saturated carbocycles. The quantitative estimate of drug-likeness (QED) is 0.638. The maximum Gasteiger partial charge on any atom is 0.277 e. The van der Waals surface area contributed by atoms with E-state index in [-0.39, 0.29) is 23.1 Å². The van der Waals surface area contributed by atoms with E-state index in [0.29, 0.717) is 5.75 Å². The molecule has 0 heterocycles. The van der Waals surface area contributed by atoms with Crippen molar-refractivity contribution in [2.45, 2.75) is 17.2 Å². The van der Waals surface area contributed by atoms with E-state index in [2.05, 4.69) is 0 Å². The summed E-state index contributed by atoms with van der Waals surface area (Å²) in [6.07, 6.45) is -0.447. The molecule has 0 aliphatic heterocycles. The molecule has 0 radical (unpaired) electrons. The number of methoxy groups -OCH3 is 2. The molecule has 3 N–H and O–H groups in total. The van der Waals surface area contributed by atoms with Gasteiger partial charge in [-0.15, -0.1) is 12.4 Å². The Hall–Kier alpha value is -1.65. The minimum atomic E-state index is -3.78. The Kier molecular flexibility index (Phi) is 9.09. The fourth-order valence-electron chi connectivity index (χ4n) is 1.74. The van der Waals surface area contributed by atoms with Crippen LogP contribution in [0.2, 0.25) is 0 Å². The number of carbonyl (C=O) groups is 1. The van der Waals surface area contributed by atoms with Gasteiger partial charge < -0.3 is 20.5 Å². The first-order valence-electron chi connectivity index (χ1n) is 6.94. The normalized spacial score (nSPS) is 11.4. The maximum absolute atomic E-state index is 12.9. The Balaban J connectivity index is 0.00000576. The van der Waals surface area contributed by atoms with Gasteiger partial charge in [-0.2, -0.15) is 0 Å². The second-order valence-corrected chi connectivity index (χ2v) is 7.03. The molecule has 0 aromatic heterocycles. The molecular weight excluding hydrogens is 382 g/mol. The zero-order chi connectivity index (χ0) is 18.4. The lowest BCUT2D eigenvalue weighted by atomic mass is 10.3. The van der Waals surface area contributed by atoms with Crippen molar-refractivity contribution in [1.29, 1.82) is 0 Å². The zero-order valence-corrected chi connectivity index (χ0v) is 15.4. The van der Waals surface area contributed by atoms with Gasteiger partial charge in [0.1, 0.15) is 0 Å². The van der Waals surface area contributed by atoms with Crippen LogP contribution in [0.3, 0.4) is 0 Å². The first-order valence-corrected chi connectivity index (χ1v) is 8.60. The summed E-state index contributed by atoms with van der Waals surface area (Å²) in [4.78, 5) is 11.5. The lowest BCUT2D eigenvalue weighted by molar-refractivity contribution is -0.122. The highest BCUT2D eigenvalue weighted by Crippen LogP contribution is 2.29. The second kappa shape index (κ2) is 9.73. The SMILES string of the molecule is COc1ccc(S(=O)(=O)CCC(=O)NCC(F)(F)CN)cc1OC.Cl. The molecule has 7 nitrogen and oxygen atoms in total. The molecule has 0 unspecified atom stereocenters. The van der Waals surface area contributed by atoms with Crippen LogP contribution < -0.4 is 20.5 Å². The van der Waals surface area contributed by atoms with Gasteiger partial charge in [0.2, 0.25) is 5.91 Å². The Morgan fingerprint density at radius 3 is 2.36 bits per heavy atom. The number of halogens is 3. The summed E-state index contributed by atoms with van der Waals surface area (Å²) < 4.78 is 60.3. The molecule has 144 valence electrons. The standard InChI is InChI=1S/C14H20F2N2O5S.ClH/c1-22-11-4-3-10(7-12(11)23-2)24(20,21)6-5-13(19)18-9-14(15,16)8-17;/h3-4,7H,5-6,8-9,17H2,1-2H3,(H,18,19);1H. The lowest BCUT2D eigenvalue weighted by Crippen LogP contribution is -2.41. The number of amides is 1. The number of ether oxygens (including phenoxy) is 2. The fourth-order valence-corrected chi connectivity index (χ4v) is 3.00. The predicted molar refractivity (Wildman–Crippen MR) is 90.5 cm³/mol. The number of hydrogen-bond donors (Lipinski definition) is 2. The van der Waals surface area contributed by atoms with Gasteiger partial charge in [-0.3, -0.25) is 4.79 Å². The Morgan fingerprint density at radius 2 is 1.84 bits per heavy atom. The average Bonchev–Trinajstić information content (AvgIpc) is 2.57. The van der Waals surface area contributed by atoms with Gasteiger partial charge in [0, 0.05) is 12.5 Å². The first-order chi connectivity index (χ1) is 11.1. The fraction of sp³-hybridized carbons (Fsp3) is 0.500. The van der Waals surface area contributed by atoms with Gasteiger partial charge in [0.05, 0.1) is 38.0 Å². The van der Waals surface area contributed by atoms with Crippen LogP contribution in [0.1, 0.15) is 6.42 Å². The summed E-state index contributed by atoms with van der Waals surface area (Å²) >= 11 is 0. The van der Waals surface area contributed by atoms with Crippen molar-refractivity contribution in [3.8, 4) is 11.5 Å². The highest BCUT2D eigenvalue weighted by Gasteiger charge is 2.27. The van der Waals surface area contributed by atoms with Gasteiger partial charge in [0.25, 0.3) is 5.92 Å². The first kappa shape index (κ1) is 23.4. The van der Waals surface area contributed by atoms with E-state index in [1.54, 1.807) is 0 Å². The highest BCUT2D eigenvalue weighted by molar-refractivity contribution is 7.91. The van der Waals surface area contributed by atoms with Crippen molar-refractivity contribution in [3.05, 3.63) is 18.2 Å². The molecule has 0 aliphatic rings. The average molecular weight is 403 g/mol. The molecule has 1 aromatic carbocycles. The van der Waals surface area contributed by atoms with Gasteiger partial charge in [-0.05, 0) is 12.1 Å². The maximum atomic E-state index is 12.9. The number of hydrogen-bond acceptors (Lipinski definition) is 6. The summed E-state index contributed by atoms with van der Waals surface area (Å²) in [7, 11) is -1.01. The number of alkyl halides is 2. The molecule has 0 saturated heterocycles. The van der Waals surface area contributed by atoms with Crippen molar-refractivity contribution in [2.24, 2.45) is 5.73 Å². The van der Waals surface area contributed by atoms with Gasteiger partial charge in [-0.25, -0.2) is 17.2 Å². The Bertz CT molecular complexity index is 686. The van der Waals surface area contributed by atoms with Crippen LogP contribution >= 0.6 is 12.4 Å². The molecule has 0 spiro atoms. The monoisotopic (exact) mass is 402 g/mol. The number of sulfone groups is 1. The van der Waals surface area contributed by atoms with E-state index in [4.69, 9.17) is 15.2 Å². The summed E-state index contributed by atoms with van der Waals surface area (Å²) in [5.41, 5.74) is 4.84. The van der Waals surface area contributed by atoms with Crippen molar-refractivity contribution in [1.82, 2.24) is 5.32 Å². The summed E-state index contributed by atoms with van der Waals surface area (Å²) in [6.45, 7) is -1.84. The van der Waals surface area contributed by atoms with E-state index >= 15 is 0 Å². The van der Waals surface area contributed by atoms with Crippen LogP contribution in [0.4, 0.5) is 8.78 Å². The molecule has 0 atom stereocenters. The summed E-state index contributed by atoms with van der Waals surface area (Å²) in [6, 6.07) is 4.01. The van der Waals surface area contributed by atoms with Crippen LogP contribution in [0.25, 0.3) is 0 Å². The molecule has 1 rings (SSSR count). The topological polar surface area (TPSA) is 108 Å². The van der Waals surface area contributed by atoms with E-state index in [1.165, 1.54) is 32.4 Å². The van der Waals surface area contributed by atoms with Crippen LogP contribution in [-0.4, -0.2) is 53.3 Å². The van der Waals surface area contributed by atoms with E-state index in [1.807, 2.05) is 5.32 Å². The summed E-state index contributed by atoms with van der Waals surface area (Å²) in [5, 5.41) is 1.96. The van der Waals surface area contributed by atoms with E-state index in [0.717, 1.165) is 0 Å². The number of nitrogens with two attached hydrogens (primary N) is 1. The molecule has 0 aliphatic carbocycles. The molecule has 11 heteroatoms. The molecule has 25 heavy (non-hydrogen) atoms. The molecule has 1 aromatic rings. The highest BCUT2D eigenvalue weighted by atomic mass is 35.5. The molecule has 0 bridgehead atoms. The number of benzene rings is 1. The van der Waals surface area contributed by atoms with Crippen LogP contribution in [0, 0.1) is 0 Å². The largest absolute Gasteiger partial charge is 0.493 e. The van der Waals surface area contributed by atoms with Crippen LogP contribution in [-0.2, 0) is 14.6 Å². The molecular formula is C14H21ClF2N2O5S. The van der Waals surface area contributed by atoms with Crippen LogP contribution in [0.15, 0.2) is 23.1 Å². The van der Waals surface area contributed by atoms with Crippen LogP contribution in [0.5, 0.6) is 11.5 Å². The Morgan fingerprint density at radius 1 is 1.24 bits per heavy atom. The van der Waals surface area contributed by atoms with E-state index in [9.17, 15) is 22.0 Å². The van der Waals surface area contributed by atoms with Crippen molar-refractivity contribution in [3.63, 3.8) is 0 Å².